The molecule has 134 valence electrons. The van der Waals surface area contributed by atoms with E-state index in [2.05, 4.69) is 15.3 Å². The summed E-state index contributed by atoms with van der Waals surface area (Å²) in [6.07, 6.45) is 4.72. The number of benzene rings is 2. The minimum absolute atomic E-state index is 0.415. The van der Waals surface area contributed by atoms with Crippen LogP contribution in [0.1, 0.15) is 11.1 Å². The van der Waals surface area contributed by atoms with Crippen molar-refractivity contribution in [1.29, 1.82) is 0 Å². The number of methoxy groups -OCH3 is 1. The summed E-state index contributed by atoms with van der Waals surface area (Å²) in [6, 6.07) is 13.5. The zero-order valence-corrected chi connectivity index (χ0v) is 14.7. The Bertz CT molecular complexity index is 863. The minimum Gasteiger partial charge on any atom is -0.493 e. The Morgan fingerprint density at radius 2 is 1.81 bits per heavy atom. The van der Waals surface area contributed by atoms with Crippen LogP contribution in [0, 0.1) is 6.92 Å². The Morgan fingerprint density at radius 3 is 2.58 bits per heavy atom. The van der Waals surface area contributed by atoms with Gasteiger partial charge in [-0.05, 0) is 48.4 Å². The lowest BCUT2D eigenvalue weighted by Crippen LogP contribution is -2.09. The first-order valence-electron chi connectivity index (χ1n) is 8.14. The van der Waals surface area contributed by atoms with Crippen LogP contribution in [-0.2, 0) is 0 Å². The van der Waals surface area contributed by atoms with E-state index in [1.165, 1.54) is 17.3 Å². The summed E-state index contributed by atoms with van der Waals surface area (Å²) in [6.45, 7) is 2.89. The lowest BCUT2D eigenvalue weighted by Gasteiger charge is -2.12. The number of aromatic nitrogens is 3. The lowest BCUT2D eigenvalue weighted by molar-refractivity contribution is 0.211. The van der Waals surface area contributed by atoms with Gasteiger partial charge in [0.2, 0.25) is 0 Å². The Morgan fingerprint density at radius 1 is 1.00 bits per heavy atom. The maximum Gasteiger partial charge on any atom is 0.161 e. The predicted molar refractivity (Wildman–Crippen MR) is 98.2 cm³/mol. The van der Waals surface area contributed by atoms with Crippen molar-refractivity contribution < 1.29 is 14.2 Å². The predicted octanol–water partition coefficient (Wildman–Crippen LogP) is 2.94. The summed E-state index contributed by atoms with van der Waals surface area (Å²) < 4.78 is 18.4. The maximum absolute atomic E-state index is 5.77. The van der Waals surface area contributed by atoms with Gasteiger partial charge in [-0.25, -0.2) is 4.68 Å². The highest BCUT2D eigenvalue weighted by Crippen LogP contribution is 2.27. The van der Waals surface area contributed by atoms with Gasteiger partial charge >= 0.3 is 0 Å². The average molecular weight is 352 g/mol. The van der Waals surface area contributed by atoms with Crippen LogP contribution < -0.4 is 14.2 Å². The molecule has 7 heteroatoms. The molecule has 0 amide bonds. The molecule has 0 N–H and O–H groups in total. The number of ether oxygens (including phenoxy) is 3. The standard InChI is InChI=1S/C19H20N4O3/c1-15-4-3-5-17(10-15)25-8-9-26-18-7-6-16(11-19(18)24-2)12-22-23-13-20-21-14-23/h3-7,10-14H,8-9H2,1-2H3. The monoisotopic (exact) mass is 352 g/mol. The van der Waals surface area contributed by atoms with E-state index in [1.54, 1.807) is 13.3 Å². The molecule has 0 fully saturated rings. The fraction of sp³-hybridized carbons (Fsp3) is 0.211. The van der Waals surface area contributed by atoms with Crippen LogP contribution in [0.2, 0.25) is 0 Å². The summed E-state index contributed by atoms with van der Waals surface area (Å²) in [7, 11) is 1.60. The van der Waals surface area contributed by atoms with Crippen molar-refractivity contribution in [1.82, 2.24) is 14.9 Å². The first-order chi connectivity index (χ1) is 12.7. The fourth-order valence-corrected chi connectivity index (χ4v) is 2.29. The molecule has 1 heterocycles. The third-order valence-corrected chi connectivity index (χ3v) is 3.53. The van der Waals surface area contributed by atoms with Crippen molar-refractivity contribution in [3.8, 4) is 17.2 Å². The summed E-state index contributed by atoms with van der Waals surface area (Å²) >= 11 is 0. The van der Waals surface area contributed by atoms with Crippen molar-refractivity contribution in [2.75, 3.05) is 20.3 Å². The Kier molecular flexibility index (Phi) is 5.82. The van der Waals surface area contributed by atoms with Crippen molar-refractivity contribution in [2.24, 2.45) is 5.10 Å². The summed E-state index contributed by atoms with van der Waals surface area (Å²) in [5, 5.41) is 11.6. The lowest BCUT2D eigenvalue weighted by atomic mass is 10.2. The second kappa shape index (κ2) is 8.66. The molecule has 3 aromatic rings. The van der Waals surface area contributed by atoms with Crippen LogP contribution in [0.25, 0.3) is 0 Å². The van der Waals surface area contributed by atoms with E-state index >= 15 is 0 Å². The molecule has 1 aromatic heterocycles. The second-order valence-electron chi connectivity index (χ2n) is 5.51. The smallest absolute Gasteiger partial charge is 0.161 e. The molecule has 2 aromatic carbocycles. The molecule has 0 radical (unpaired) electrons. The van der Waals surface area contributed by atoms with E-state index in [4.69, 9.17) is 14.2 Å². The van der Waals surface area contributed by atoms with Gasteiger partial charge in [0.15, 0.2) is 11.5 Å². The second-order valence-corrected chi connectivity index (χ2v) is 5.51. The van der Waals surface area contributed by atoms with Gasteiger partial charge in [0.25, 0.3) is 0 Å². The highest BCUT2D eigenvalue weighted by atomic mass is 16.5. The molecule has 0 bridgehead atoms. The third kappa shape index (κ3) is 4.83. The highest BCUT2D eigenvalue weighted by molar-refractivity contribution is 5.80. The molecule has 0 aliphatic rings. The normalized spacial score (nSPS) is 10.8. The van der Waals surface area contributed by atoms with Crippen molar-refractivity contribution in [2.45, 2.75) is 6.92 Å². The van der Waals surface area contributed by atoms with E-state index in [0.29, 0.717) is 24.7 Å². The number of rotatable bonds is 8. The van der Waals surface area contributed by atoms with Gasteiger partial charge in [0, 0.05) is 0 Å². The van der Waals surface area contributed by atoms with Gasteiger partial charge in [0.1, 0.15) is 31.6 Å². The third-order valence-electron chi connectivity index (χ3n) is 3.53. The molecule has 0 spiro atoms. The minimum atomic E-state index is 0.415. The van der Waals surface area contributed by atoms with Gasteiger partial charge < -0.3 is 14.2 Å². The van der Waals surface area contributed by atoms with Crippen molar-refractivity contribution >= 4 is 6.21 Å². The van der Waals surface area contributed by atoms with Crippen LogP contribution in [-0.4, -0.2) is 41.4 Å². The Labute approximate surface area is 151 Å². The highest BCUT2D eigenvalue weighted by Gasteiger charge is 2.05. The van der Waals surface area contributed by atoms with Crippen molar-refractivity contribution in [3.05, 3.63) is 66.2 Å². The number of aryl methyl sites for hydroxylation is 1. The quantitative estimate of drug-likeness (QED) is 0.460. The number of hydrogen-bond acceptors (Lipinski definition) is 6. The molecule has 0 saturated heterocycles. The zero-order chi connectivity index (χ0) is 18.2. The fourth-order valence-electron chi connectivity index (χ4n) is 2.29. The molecular weight excluding hydrogens is 332 g/mol. The molecule has 0 saturated carbocycles. The zero-order valence-electron chi connectivity index (χ0n) is 14.7. The molecule has 0 atom stereocenters. The topological polar surface area (TPSA) is 70.8 Å². The molecule has 0 unspecified atom stereocenters. The first kappa shape index (κ1) is 17.5. The maximum atomic E-state index is 5.77. The molecule has 3 rings (SSSR count). The summed E-state index contributed by atoms with van der Waals surface area (Å²) in [5.41, 5.74) is 2.03. The van der Waals surface area contributed by atoms with Crippen LogP contribution in [0.15, 0.2) is 60.2 Å². The van der Waals surface area contributed by atoms with E-state index in [9.17, 15) is 0 Å². The van der Waals surface area contributed by atoms with Gasteiger partial charge in [-0.2, -0.15) is 5.10 Å². The molecule has 0 aliphatic heterocycles. The number of hydrogen-bond donors (Lipinski definition) is 0. The van der Waals surface area contributed by atoms with Gasteiger partial charge in [-0.3, -0.25) is 0 Å². The van der Waals surface area contributed by atoms with E-state index in [-0.39, 0.29) is 0 Å². The molecule has 0 aliphatic carbocycles. The SMILES string of the molecule is COc1cc(C=Nn2cnnc2)ccc1OCCOc1cccc(C)c1. The van der Waals surface area contributed by atoms with Crippen LogP contribution in [0.4, 0.5) is 0 Å². The van der Waals surface area contributed by atoms with Gasteiger partial charge in [0.05, 0.1) is 13.3 Å². The Balaban J connectivity index is 1.55. The first-order valence-corrected chi connectivity index (χ1v) is 8.14. The van der Waals surface area contributed by atoms with E-state index in [1.807, 2.05) is 49.4 Å². The van der Waals surface area contributed by atoms with Crippen LogP contribution in [0.3, 0.4) is 0 Å². The van der Waals surface area contributed by atoms with Gasteiger partial charge in [-0.1, -0.05) is 12.1 Å². The summed E-state index contributed by atoms with van der Waals surface area (Å²) in [4.78, 5) is 0. The average Bonchev–Trinajstić information content (AvgIpc) is 3.17. The van der Waals surface area contributed by atoms with Crippen LogP contribution in [0.5, 0.6) is 17.2 Å². The van der Waals surface area contributed by atoms with Gasteiger partial charge in [-0.15, -0.1) is 10.2 Å². The Hall–Kier alpha value is -3.35. The molecule has 7 nitrogen and oxygen atoms in total. The van der Waals surface area contributed by atoms with Crippen LogP contribution >= 0.6 is 0 Å². The van der Waals surface area contributed by atoms with E-state index in [0.717, 1.165) is 16.9 Å². The number of nitrogens with zero attached hydrogens (tertiary/aromatic N) is 4. The van der Waals surface area contributed by atoms with Crippen molar-refractivity contribution in [3.63, 3.8) is 0 Å². The molecule has 26 heavy (non-hydrogen) atoms. The largest absolute Gasteiger partial charge is 0.493 e. The van der Waals surface area contributed by atoms with E-state index < -0.39 is 0 Å². The summed E-state index contributed by atoms with van der Waals surface area (Å²) in [5.74, 6) is 2.12. The molecular formula is C19H20N4O3.